The molecule has 0 bridgehead atoms. The van der Waals surface area contributed by atoms with E-state index < -0.39 is 11.6 Å². The van der Waals surface area contributed by atoms with Crippen molar-refractivity contribution in [3.05, 3.63) is 94.8 Å². The number of pyridine rings is 1. The molecular weight excluding hydrogens is 806 g/mol. The molecule has 3 aliphatic heterocycles. The number of imide groups is 1. The Hall–Kier alpha value is -6.66. The average molecular weight is 856 g/mol. The second kappa shape index (κ2) is 15.9. The van der Waals surface area contributed by atoms with Gasteiger partial charge < -0.3 is 20.2 Å². The van der Waals surface area contributed by atoms with E-state index in [2.05, 4.69) is 54.1 Å². The van der Waals surface area contributed by atoms with Crippen molar-refractivity contribution in [3.63, 3.8) is 0 Å². The van der Waals surface area contributed by atoms with Crippen LogP contribution in [0.25, 0.3) is 27.8 Å². The number of anilines is 5. The fourth-order valence-electron chi connectivity index (χ4n) is 9.67. The van der Waals surface area contributed by atoms with E-state index in [1.165, 1.54) is 20.5 Å². The summed E-state index contributed by atoms with van der Waals surface area (Å²) in [5.74, 6) is 1.02. The molecule has 17 nitrogen and oxygen atoms in total. The number of allylic oxidation sites excluding steroid dienone is 1. The highest BCUT2D eigenvalue weighted by Crippen LogP contribution is 2.37. The van der Waals surface area contributed by atoms with Gasteiger partial charge in [-0.05, 0) is 86.6 Å². The number of amides is 3. The lowest BCUT2D eigenvalue weighted by Crippen LogP contribution is -2.49. The molecule has 3 amide bonds. The Kier molecular flexibility index (Phi) is 10.2. The third-order valence-electron chi connectivity index (χ3n) is 13.1. The van der Waals surface area contributed by atoms with Crippen molar-refractivity contribution in [2.24, 2.45) is 13.0 Å². The van der Waals surface area contributed by atoms with E-state index >= 15 is 4.39 Å². The molecule has 0 spiro atoms. The van der Waals surface area contributed by atoms with Crippen molar-refractivity contribution in [1.29, 1.82) is 0 Å². The van der Waals surface area contributed by atoms with Gasteiger partial charge in [0.1, 0.15) is 16.5 Å². The summed E-state index contributed by atoms with van der Waals surface area (Å²) in [5, 5.41) is 22.0. The maximum absolute atomic E-state index is 16.1. The summed E-state index contributed by atoms with van der Waals surface area (Å²) in [4.78, 5) is 60.2. The third-order valence-corrected chi connectivity index (χ3v) is 13.1. The number of aliphatic hydroxyl groups is 1. The highest BCUT2D eigenvalue weighted by molar-refractivity contribution is 6.09. The Morgan fingerprint density at radius 3 is 2.46 bits per heavy atom. The van der Waals surface area contributed by atoms with Crippen molar-refractivity contribution < 1.29 is 19.1 Å². The Bertz CT molecular complexity index is 2830. The zero-order chi connectivity index (χ0) is 43.6. The van der Waals surface area contributed by atoms with Crippen LogP contribution in [0.2, 0.25) is 0 Å². The minimum atomic E-state index is -1.04. The number of urea groups is 1. The summed E-state index contributed by atoms with van der Waals surface area (Å²) in [6, 6.07) is 15.1. The number of piperidine rings is 1. The Labute approximate surface area is 362 Å². The van der Waals surface area contributed by atoms with Gasteiger partial charge in [0.15, 0.2) is 23.1 Å². The van der Waals surface area contributed by atoms with Crippen LogP contribution in [0.15, 0.2) is 72.2 Å². The minimum absolute atomic E-state index is 0.169. The fourth-order valence-corrected chi connectivity index (χ4v) is 9.67. The summed E-state index contributed by atoms with van der Waals surface area (Å²) in [7, 11) is 1.68. The summed E-state index contributed by atoms with van der Waals surface area (Å²) < 4.78 is 20.8. The molecule has 0 unspecified atom stereocenters. The van der Waals surface area contributed by atoms with Gasteiger partial charge in [0.2, 0.25) is 11.9 Å². The minimum Gasteiger partial charge on any atom is -0.384 e. The first-order valence-electron chi connectivity index (χ1n) is 21.6. The smallest absolute Gasteiger partial charge is 0.329 e. The first kappa shape index (κ1) is 40.4. The highest BCUT2D eigenvalue weighted by atomic mass is 19.1. The molecule has 0 radical (unpaired) electrons. The van der Waals surface area contributed by atoms with E-state index in [1.54, 1.807) is 30.8 Å². The molecule has 1 atom stereocenters. The SMILES string of the molecule is C=CCn1c(=O)c2cnc(Nc3ccc(N4CCN(CC5CCN(c6ccc7c(N8CCC(=O)NC8=O)nn(C)c7c6F)CC5)CC4)cc3)nc2n1-c1ccc2c(n1)[C@](C)(O)CC2. The van der Waals surface area contributed by atoms with Crippen molar-refractivity contribution >= 4 is 62.7 Å². The average Bonchev–Trinajstić information content (AvgIpc) is 3.88. The van der Waals surface area contributed by atoms with Gasteiger partial charge in [0.25, 0.3) is 5.56 Å². The fraction of sp³-hybridized carbons (Fsp3) is 0.400. The Morgan fingerprint density at radius 2 is 1.71 bits per heavy atom. The van der Waals surface area contributed by atoms with Crippen molar-refractivity contribution in [3.8, 4) is 5.82 Å². The maximum atomic E-state index is 16.1. The van der Waals surface area contributed by atoms with Crippen LogP contribution >= 0.6 is 0 Å². The van der Waals surface area contributed by atoms with Crippen molar-refractivity contribution in [2.45, 2.75) is 51.2 Å². The molecule has 10 rings (SSSR count). The summed E-state index contributed by atoms with van der Waals surface area (Å²) in [6.07, 6.45) is 6.62. The van der Waals surface area contributed by atoms with Crippen LogP contribution in [0.1, 0.15) is 43.9 Å². The monoisotopic (exact) mass is 855 g/mol. The highest BCUT2D eigenvalue weighted by Gasteiger charge is 2.35. The third kappa shape index (κ3) is 7.35. The van der Waals surface area contributed by atoms with Crippen LogP contribution < -0.4 is 30.9 Å². The van der Waals surface area contributed by atoms with Gasteiger partial charge in [-0.1, -0.05) is 12.1 Å². The molecule has 6 aromatic rings. The molecule has 3 saturated heterocycles. The van der Waals surface area contributed by atoms with E-state index in [0.29, 0.717) is 63.2 Å². The van der Waals surface area contributed by atoms with Gasteiger partial charge in [0.05, 0.1) is 17.9 Å². The molecule has 4 aliphatic rings. The number of carbonyl (C=O) groups excluding carboxylic acids is 2. The number of rotatable bonds is 10. The second-order valence-corrected chi connectivity index (χ2v) is 17.3. The number of nitrogens with one attached hydrogen (secondary N) is 2. The zero-order valence-electron chi connectivity index (χ0n) is 35.4. The number of aromatic nitrogens is 7. The number of aryl methyl sites for hydroxylation is 2. The number of hydrogen-bond donors (Lipinski definition) is 3. The Balaban J connectivity index is 0.748. The van der Waals surface area contributed by atoms with Crippen molar-refractivity contribution in [1.82, 2.24) is 44.3 Å². The standard InChI is InChI=1S/C45H50FN13O4/c1-4-18-58-42(61)33-26-47-43(51-40(33)59(58)35-12-5-29-13-17-45(2,63)39(29)49-35)48-30-6-8-31(9-7-30)55-24-22-54(23-25-55)27-28-14-19-56(20-15-28)34-11-10-32-38(37(34)46)53(3)52-41(32)57-21-16-36(60)50-44(57)62/h4-12,26,28,63H,1,13-25,27H2,2-3H3,(H,47,48,51)(H,50,60,62)/t45-/m1/s1. The molecule has 2 aromatic carbocycles. The molecule has 326 valence electrons. The van der Waals surface area contributed by atoms with Gasteiger partial charge in [-0.2, -0.15) is 10.1 Å². The number of hydrogen-bond acceptors (Lipinski definition) is 12. The first-order chi connectivity index (χ1) is 30.4. The van der Waals surface area contributed by atoms with Gasteiger partial charge >= 0.3 is 6.03 Å². The molecule has 18 heteroatoms. The molecule has 3 N–H and O–H groups in total. The molecule has 63 heavy (non-hydrogen) atoms. The van der Waals surface area contributed by atoms with Crippen LogP contribution in [0.5, 0.6) is 0 Å². The van der Waals surface area contributed by atoms with Crippen LogP contribution in [-0.2, 0) is 30.4 Å². The normalized spacial score (nSPS) is 19.9. The molecular formula is C45H50FN13O4. The van der Waals surface area contributed by atoms with Crippen molar-refractivity contribution in [2.75, 3.05) is 72.4 Å². The number of carbonyl (C=O) groups is 2. The Morgan fingerprint density at radius 1 is 0.937 bits per heavy atom. The van der Waals surface area contributed by atoms with E-state index in [-0.39, 0.29) is 36.8 Å². The van der Waals surface area contributed by atoms with E-state index in [1.807, 2.05) is 30.3 Å². The maximum Gasteiger partial charge on any atom is 0.329 e. The largest absolute Gasteiger partial charge is 0.384 e. The number of piperazine rings is 1. The quantitative estimate of drug-likeness (QED) is 0.164. The number of fused-ring (bicyclic) bond motifs is 3. The summed E-state index contributed by atoms with van der Waals surface area (Å²) in [5.41, 5.74) is 3.55. The van der Waals surface area contributed by atoms with E-state index in [0.717, 1.165) is 82.0 Å². The molecule has 3 fully saturated rings. The molecule has 1 aliphatic carbocycles. The molecule has 7 heterocycles. The summed E-state index contributed by atoms with van der Waals surface area (Å²) in [6.45, 7) is 12.3. The van der Waals surface area contributed by atoms with Crippen LogP contribution in [0.4, 0.5) is 38.0 Å². The lowest BCUT2D eigenvalue weighted by atomic mass is 9.95. The van der Waals surface area contributed by atoms with Crippen LogP contribution in [0.3, 0.4) is 0 Å². The van der Waals surface area contributed by atoms with Crippen LogP contribution in [0, 0.1) is 11.7 Å². The number of benzene rings is 2. The number of nitrogens with zero attached hydrogens (tertiary/aromatic N) is 11. The first-order valence-corrected chi connectivity index (χ1v) is 21.6. The van der Waals surface area contributed by atoms with Gasteiger partial charge in [-0.15, -0.1) is 6.58 Å². The van der Waals surface area contributed by atoms with E-state index in [9.17, 15) is 19.5 Å². The van der Waals surface area contributed by atoms with Gasteiger partial charge in [-0.3, -0.25) is 29.4 Å². The molecule has 4 aromatic heterocycles. The predicted molar refractivity (Wildman–Crippen MR) is 238 cm³/mol. The van der Waals surface area contributed by atoms with Gasteiger partial charge in [0, 0.05) is 88.8 Å². The molecule has 0 saturated carbocycles. The lowest BCUT2D eigenvalue weighted by molar-refractivity contribution is -0.120. The topological polar surface area (TPSA) is 175 Å². The van der Waals surface area contributed by atoms with Gasteiger partial charge in [-0.25, -0.2) is 28.5 Å². The van der Waals surface area contributed by atoms with E-state index in [4.69, 9.17) is 9.97 Å². The number of halogens is 1. The predicted octanol–water partition coefficient (Wildman–Crippen LogP) is 4.57. The zero-order valence-corrected chi connectivity index (χ0v) is 35.4. The summed E-state index contributed by atoms with van der Waals surface area (Å²) >= 11 is 0. The second-order valence-electron chi connectivity index (χ2n) is 17.3. The lowest BCUT2D eigenvalue weighted by Gasteiger charge is -2.40. The van der Waals surface area contributed by atoms with Crippen LogP contribution in [-0.4, -0.2) is 108 Å².